The van der Waals surface area contributed by atoms with Crippen molar-refractivity contribution < 1.29 is 4.79 Å². The Morgan fingerprint density at radius 2 is 1.71 bits per heavy atom. The lowest BCUT2D eigenvalue weighted by Gasteiger charge is -2.23. The highest BCUT2D eigenvalue weighted by atomic mass is 35.5. The third-order valence-corrected chi connectivity index (χ3v) is 6.50. The van der Waals surface area contributed by atoms with Crippen LogP contribution in [0, 0.1) is 23.7 Å². The van der Waals surface area contributed by atoms with Gasteiger partial charge in [-0.25, -0.2) is 0 Å². The van der Waals surface area contributed by atoms with Crippen LogP contribution in [0.15, 0.2) is 18.2 Å². The molecule has 0 spiro atoms. The maximum atomic E-state index is 12.3. The minimum Gasteiger partial charge on any atom is -0.352 e. The van der Waals surface area contributed by atoms with E-state index < -0.39 is 0 Å². The summed E-state index contributed by atoms with van der Waals surface area (Å²) in [5, 5.41) is 4.05. The van der Waals surface area contributed by atoms with Crippen LogP contribution in [0.1, 0.15) is 36.0 Å². The van der Waals surface area contributed by atoms with E-state index in [0.29, 0.717) is 21.5 Å². The van der Waals surface area contributed by atoms with Gasteiger partial charge in [0.15, 0.2) is 0 Å². The standard InChI is InChI=1S/C19H24Cl2N2O/c20-14-5-13(6-15(21)7-14)19(24)22-8-16-17-10-23(11-18(16)17)9-12-3-1-2-4-12/h5-7,12,16-18H,1-4,8-11H2,(H,22,24)/t16?,17-,18+. The van der Waals surface area contributed by atoms with Crippen molar-refractivity contribution in [3.63, 3.8) is 0 Å². The summed E-state index contributed by atoms with van der Waals surface area (Å²) in [4.78, 5) is 14.9. The summed E-state index contributed by atoms with van der Waals surface area (Å²) < 4.78 is 0. The van der Waals surface area contributed by atoms with E-state index in [0.717, 1.165) is 24.3 Å². The first kappa shape index (κ1) is 16.7. The molecule has 1 aromatic rings. The van der Waals surface area contributed by atoms with Crippen LogP contribution < -0.4 is 5.32 Å². The number of likely N-dealkylation sites (tertiary alicyclic amines) is 1. The number of halogens is 2. The molecular weight excluding hydrogens is 343 g/mol. The van der Waals surface area contributed by atoms with E-state index >= 15 is 0 Å². The molecule has 1 heterocycles. The number of nitrogens with zero attached hydrogens (tertiary/aromatic N) is 1. The molecule has 1 aromatic carbocycles. The van der Waals surface area contributed by atoms with Crippen molar-refractivity contribution in [2.24, 2.45) is 23.7 Å². The number of hydrogen-bond donors (Lipinski definition) is 1. The molecule has 3 nitrogen and oxygen atoms in total. The highest BCUT2D eigenvalue weighted by Gasteiger charge is 2.55. The molecule has 3 fully saturated rings. The number of carbonyl (C=O) groups is 1. The van der Waals surface area contributed by atoms with E-state index in [-0.39, 0.29) is 5.91 Å². The van der Waals surface area contributed by atoms with E-state index in [9.17, 15) is 4.79 Å². The Kier molecular flexibility index (Phi) is 4.77. The van der Waals surface area contributed by atoms with Crippen molar-refractivity contribution in [3.8, 4) is 0 Å². The van der Waals surface area contributed by atoms with Gasteiger partial charge in [0.2, 0.25) is 0 Å². The minimum absolute atomic E-state index is 0.0767. The highest BCUT2D eigenvalue weighted by molar-refractivity contribution is 6.35. The Hall–Kier alpha value is -0.770. The lowest BCUT2D eigenvalue weighted by Crippen LogP contribution is -2.32. The zero-order valence-electron chi connectivity index (χ0n) is 13.8. The van der Waals surface area contributed by atoms with Gasteiger partial charge in [0.1, 0.15) is 0 Å². The van der Waals surface area contributed by atoms with Crippen molar-refractivity contribution in [3.05, 3.63) is 33.8 Å². The molecule has 0 aromatic heterocycles. The van der Waals surface area contributed by atoms with Crippen molar-refractivity contribution in [1.29, 1.82) is 0 Å². The number of fused-ring (bicyclic) bond motifs is 1. The number of rotatable bonds is 5. The first-order valence-electron chi connectivity index (χ1n) is 9.07. The van der Waals surface area contributed by atoms with Crippen LogP contribution in [0.3, 0.4) is 0 Å². The van der Waals surface area contributed by atoms with Gasteiger partial charge < -0.3 is 10.2 Å². The number of nitrogens with one attached hydrogen (secondary N) is 1. The summed E-state index contributed by atoms with van der Waals surface area (Å²) in [5.74, 6) is 3.09. The van der Waals surface area contributed by atoms with E-state index in [1.807, 2.05) is 0 Å². The average molecular weight is 367 g/mol. The normalized spacial score (nSPS) is 29.7. The smallest absolute Gasteiger partial charge is 0.251 e. The molecule has 1 saturated heterocycles. The zero-order chi connectivity index (χ0) is 16.7. The van der Waals surface area contributed by atoms with Gasteiger partial charge in [-0.1, -0.05) is 36.0 Å². The summed E-state index contributed by atoms with van der Waals surface area (Å²) in [7, 11) is 0. The van der Waals surface area contributed by atoms with Gasteiger partial charge in [-0.15, -0.1) is 0 Å². The molecule has 1 amide bonds. The summed E-state index contributed by atoms with van der Waals surface area (Å²) in [6.07, 6.45) is 5.70. The molecule has 5 heteroatoms. The Bertz CT molecular complexity index is 598. The molecule has 130 valence electrons. The Labute approximate surface area is 153 Å². The van der Waals surface area contributed by atoms with Crippen LogP contribution in [0.25, 0.3) is 0 Å². The van der Waals surface area contributed by atoms with Crippen LogP contribution in [0.5, 0.6) is 0 Å². The van der Waals surface area contributed by atoms with Gasteiger partial charge >= 0.3 is 0 Å². The largest absolute Gasteiger partial charge is 0.352 e. The predicted molar refractivity (Wildman–Crippen MR) is 97.7 cm³/mol. The second-order valence-corrected chi connectivity index (χ2v) is 8.60. The van der Waals surface area contributed by atoms with Crippen LogP contribution in [0.4, 0.5) is 0 Å². The number of amides is 1. The van der Waals surface area contributed by atoms with Gasteiger partial charge in [0.05, 0.1) is 0 Å². The molecule has 1 unspecified atom stereocenters. The number of carbonyl (C=O) groups excluding carboxylic acids is 1. The molecule has 0 bridgehead atoms. The fourth-order valence-corrected chi connectivity index (χ4v) is 5.27. The number of hydrogen-bond acceptors (Lipinski definition) is 2. The van der Waals surface area contributed by atoms with E-state index in [2.05, 4.69) is 10.2 Å². The van der Waals surface area contributed by atoms with Gasteiger partial charge in [0, 0.05) is 41.8 Å². The molecule has 2 saturated carbocycles. The fraction of sp³-hybridized carbons (Fsp3) is 0.632. The molecule has 0 radical (unpaired) electrons. The molecule has 3 atom stereocenters. The Morgan fingerprint density at radius 3 is 2.33 bits per heavy atom. The summed E-state index contributed by atoms with van der Waals surface area (Å²) in [6, 6.07) is 4.98. The van der Waals surface area contributed by atoms with Gasteiger partial charge in [-0.05, 0) is 54.7 Å². The Balaban J connectivity index is 1.22. The molecule has 1 N–H and O–H groups in total. The summed E-state index contributed by atoms with van der Waals surface area (Å²) >= 11 is 11.9. The van der Waals surface area contributed by atoms with Crippen LogP contribution in [-0.2, 0) is 0 Å². The quantitative estimate of drug-likeness (QED) is 0.850. The van der Waals surface area contributed by atoms with Crippen molar-refractivity contribution >= 4 is 29.1 Å². The lowest BCUT2D eigenvalue weighted by atomic mass is 10.1. The molecule has 1 aliphatic heterocycles. The van der Waals surface area contributed by atoms with Crippen molar-refractivity contribution in [1.82, 2.24) is 10.2 Å². The molecular formula is C19H24Cl2N2O. The molecule has 3 aliphatic rings. The topological polar surface area (TPSA) is 32.3 Å². The Morgan fingerprint density at radius 1 is 1.08 bits per heavy atom. The lowest BCUT2D eigenvalue weighted by molar-refractivity contribution is 0.0949. The number of piperidine rings is 1. The van der Waals surface area contributed by atoms with Crippen molar-refractivity contribution in [2.75, 3.05) is 26.2 Å². The van der Waals surface area contributed by atoms with Gasteiger partial charge in [0.25, 0.3) is 5.91 Å². The minimum atomic E-state index is -0.0767. The van der Waals surface area contributed by atoms with Crippen LogP contribution in [0.2, 0.25) is 10.0 Å². The van der Waals surface area contributed by atoms with Gasteiger partial charge in [-0.2, -0.15) is 0 Å². The second-order valence-electron chi connectivity index (χ2n) is 7.73. The maximum Gasteiger partial charge on any atom is 0.251 e. The first-order chi connectivity index (χ1) is 11.6. The third-order valence-electron chi connectivity index (χ3n) is 6.06. The SMILES string of the molecule is O=C(NCC1[C@H]2CN(CC3CCCC3)C[C@@H]12)c1cc(Cl)cc(Cl)c1. The van der Waals surface area contributed by atoms with E-state index in [4.69, 9.17) is 23.2 Å². The predicted octanol–water partition coefficient (Wildman–Crippen LogP) is 4.09. The van der Waals surface area contributed by atoms with Crippen molar-refractivity contribution in [2.45, 2.75) is 25.7 Å². The van der Waals surface area contributed by atoms with Gasteiger partial charge in [-0.3, -0.25) is 4.79 Å². The first-order valence-corrected chi connectivity index (χ1v) is 9.82. The maximum absolute atomic E-state index is 12.3. The zero-order valence-corrected chi connectivity index (χ0v) is 15.3. The molecule has 24 heavy (non-hydrogen) atoms. The van der Waals surface area contributed by atoms with Crippen LogP contribution in [-0.4, -0.2) is 37.0 Å². The summed E-state index contributed by atoms with van der Waals surface area (Å²) in [6.45, 7) is 4.53. The molecule has 4 rings (SSSR count). The van der Waals surface area contributed by atoms with E-state index in [1.54, 1.807) is 18.2 Å². The third kappa shape index (κ3) is 3.58. The molecule has 2 aliphatic carbocycles. The number of benzene rings is 1. The highest BCUT2D eigenvalue weighted by Crippen LogP contribution is 2.51. The average Bonchev–Trinajstić information content (AvgIpc) is 2.94. The fourth-order valence-electron chi connectivity index (χ4n) is 4.74. The van der Waals surface area contributed by atoms with E-state index in [1.165, 1.54) is 45.3 Å². The van der Waals surface area contributed by atoms with Crippen LogP contribution >= 0.6 is 23.2 Å². The second kappa shape index (κ2) is 6.86. The summed E-state index contributed by atoms with van der Waals surface area (Å²) in [5.41, 5.74) is 0.543. The monoisotopic (exact) mass is 366 g/mol.